The molecule has 0 saturated heterocycles. The van der Waals surface area contributed by atoms with Crippen LogP contribution in [0.25, 0.3) is 0 Å². The maximum atomic E-state index is 13.1. The van der Waals surface area contributed by atoms with Crippen LogP contribution < -0.4 is 11.1 Å². The SMILES string of the molecule is CC(C)CNC(C)(Cc1cccc(F)c1)C(N)=O. The third-order valence-corrected chi connectivity index (χ3v) is 2.89. The number of nitrogens with two attached hydrogens (primary N) is 1. The fraction of sp³-hybridized carbons (Fsp3) is 0.500. The van der Waals surface area contributed by atoms with Crippen LogP contribution in [0.1, 0.15) is 26.3 Å². The molecule has 0 aliphatic heterocycles. The molecule has 0 spiro atoms. The van der Waals surface area contributed by atoms with Crippen molar-refractivity contribution in [1.82, 2.24) is 5.32 Å². The Kier molecular flexibility index (Phi) is 4.84. The van der Waals surface area contributed by atoms with Crippen LogP contribution in [0.5, 0.6) is 0 Å². The molecule has 1 rings (SSSR count). The predicted molar refractivity (Wildman–Crippen MR) is 70.5 cm³/mol. The van der Waals surface area contributed by atoms with Crippen LogP contribution in [-0.2, 0) is 11.2 Å². The average Bonchev–Trinajstić information content (AvgIpc) is 2.26. The van der Waals surface area contributed by atoms with Crippen LogP contribution >= 0.6 is 0 Å². The summed E-state index contributed by atoms with van der Waals surface area (Å²) in [5, 5.41) is 3.17. The standard InChI is InChI=1S/C14H21FN2O/c1-10(2)9-17-14(3,13(16)18)8-11-5-4-6-12(15)7-11/h4-7,10,17H,8-9H2,1-3H3,(H2,16,18). The van der Waals surface area contributed by atoms with Crippen molar-refractivity contribution in [3.05, 3.63) is 35.6 Å². The summed E-state index contributed by atoms with van der Waals surface area (Å²) in [4.78, 5) is 11.6. The molecule has 1 aromatic carbocycles. The fourth-order valence-corrected chi connectivity index (χ4v) is 1.72. The molecule has 1 unspecified atom stereocenters. The van der Waals surface area contributed by atoms with E-state index in [1.54, 1.807) is 19.1 Å². The van der Waals surface area contributed by atoms with Gasteiger partial charge >= 0.3 is 0 Å². The van der Waals surface area contributed by atoms with Gasteiger partial charge in [0, 0.05) is 0 Å². The molecule has 0 bridgehead atoms. The van der Waals surface area contributed by atoms with Gasteiger partial charge in [-0.2, -0.15) is 0 Å². The first-order valence-electron chi connectivity index (χ1n) is 6.13. The predicted octanol–water partition coefficient (Wildman–Crippen LogP) is 1.86. The van der Waals surface area contributed by atoms with E-state index in [0.717, 1.165) is 5.56 Å². The zero-order valence-electron chi connectivity index (χ0n) is 11.2. The second-order valence-electron chi connectivity index (χ2n) is 5.28. The van der Waals surface area contributed by atoms with Crippen molar-refractivity contribution >= 4 is 5.91 Å². The molecule has 4 heteroatoms. The van der Waals surface area contributed by atoms with Gasteiger partial charge < -0.3 is 11.1 Å². The summed E-state index contributed by atoms with van der Waals surface area (Å²) in [7, 11) is 0. The molecule has 0 fully saturated rings. The second kappa shape index (κ2) is 5.96. The number of carbonyl (C=O) groups excluding carboxylic acids is 1. The molecule has 1 amide bonds. The highest BCUT2D eigenvalue weighted by Crippen LogP contribution is 2.14. The fourth-order valence-electron chi connectivity index (χ4n) is 1.72. The first-order valence-corrected chi connectivity index (χ1v) is 6.13. The van der Waals surface area contributed by atoms with Crippen LogP contribution in [0.2, 0.25) is 0 Å². The van der Waals surface area contributed by atoms with E-state index in [9.17, 15) is 9.18 Å². The zero-order valence-corrected chi connectivity index (χ0v) is 11.2. The lowest BCUT2D eigenvalue weighted by Crippen LogP contribution is -2.55. The molecule has 1 aromatic rings. The normalized spacial score (nSPS) is 14.5. The Balaban J connectivity index is 2.82. The highest BCUT2D eigenvalue weighted by Gasteiger charge is 2.30. The number of amides is 1. The Morgan fingerprint density at radius 3 is 2.67 bits per heavy atom. The van der Waals surface area contributed by atoms with E-state index in [1.165, 1.54) is 12.1 Å². The molecule has 0 radical (unpaired) electrons. The molecule has 1 atom stereocenters. The molecule has 0 heterocycles. The molecular formula is C14H21FN2O. The van der Waals surface area contributed by atoms with Gasteiger partial charge in [-0.3, -0.25) is 4.79 Å². The molecular weight excluding hydrogens is 231 g/mol. The van der Waals surface area contributed by atoms with Gasteiger partial charge in [-0.25, -0.2) is 4.39 Å². The van der Waals surface area contributed by atoms with E-state index >= 15 is 0 Å². The maximum Gasteiger partial charge on any atom is 0.237 e. The second-order valence-corrected chi connectivity index (χ2v) is 5.28. The number of halogens is 1. The van der Waals surface area contributed by atoms with Crippen LogP contribution in [-0.4, -0.2) is 18.0 Å². The van der Waals surface area contributed by atoms with Gasteiger partial charge in [0.15, 0.2) is 0 Å². The molecule has 0 aliphatic rings. The van der Waals surface area contributed by atoms with Gasteiger partial charge in [0.1, 0.15) is 5.82 Å². The van der Waals surface area contributed by atoms with Crippen LogP contribution in [0.3, 0.4) is 0 Å². The summed E-state index contributed by atoms with van der Waals surface area (Å²) in [6, 6.07) is 6.24. The minimum atomic E-state index is -0.849. The van der Waals surface area contributed by atoms with E-state index in [0.29, 0.717) is 18.9 Å². The van der Waals surface area contributed by atoms with E-state index in [-0.39, 0.29) is 5.82 Å². The number of benzene rings is 1. The molecule has 0 aromatic heterocycles. The average molecular weight is 252 g/mol. The van der Waals surface area contributed by atoms with Crippen molar-refractivity contribution in [3.8, 4) is 0 Å². The zero-order chi connectivity index (χ0) is 13.8. The number of rotatable bonds is 6. The summed E-state index contributed by atoms with van der Waals surface area (Å²) < 4.78 is 13.1. The first-order chi connectivity index (χ1) is 8.33. The van der Waals surface area contributed by atoms with Gasteiger partial charge in [-0.05, 0) is 43.5 Å². The van der Waals surface area contributed by atoms with E-state index in [2.05, 4.69) is 19.2 Å². The summed E-state index contributed by atoms with van der Waals surface area (Å²) in [6.45, 7) is 6.55. The Hall–Kier alpha value is -1.42. The molecule has 0 saturated carbocycles. The molecule has 100 valence electrons. The van der Waals surface area contributed by atoms with Gasteiger partial charge in [0.25, 0.3) is 0 Å². The maximum absolute atomic E-state index is 13.1. The summed E-state index contributed by atoms with van der Waals surface area (Å²) in [5.74, 6) is -0.313. The minimum Gasteiger partial charge on any atom is -0.368 e. The van der Waals surface area contributed by atoms with Crippen molar-refractivity contribution < 1.29 is 9.18 Å². The Morgan fingerprint density at radius 1 is 1.50 bits per heavy atom. The number of nitrogens with one attached hydrogen (secondary N) is 1. The van der Waals surface area contributed by atoms with Gasteiger partial charge in [0.05, 0.1) is 5.54 Å². The molecule has 18 heavy (non-hydrogen) atoms. The largest absolute Gasteiger partial charge is 0.368 e. The number of primary amides is 1. The lowest BCUT2D eigenvalue weighted by atomic mass is 9.91. The van der Waals surface area contributed by atoms with Crippen molar-refractivity contribution in [3.63, 3.8) is 0 Å². The van der Waals surface area contributed by atoms with E-state index < -0.39 is 11.4 Å². The molecule has 0 aliphatic carbocycles. The lowest BCUT2D eigenvalue weighted by molar-refractivity contribution is -0.123. The molecule has 3 nitrogen and oxygen atoms in total. The highest BCUT2D eigenvalue weighted by atomic mass is 19.1. The van der Waals surface area contributed by atoms with Gasteiger partial charge in [-0.15, -0.1) is 0 Å². The van der Waals surface area contributed by atoms with Crippen LogP contribution in [0, 0.1) is 11.7 Å². The summed E-state index contributed by atoms with van der Waals surface area (Å²) in [6.07, 6.45) is 0.382. The van der Waals surface area contributed by atoms with Gasteiger partial charge in [0.2, 0.25) is 5.91 Å². The molecule has 3 N–H and O–H groups in total. The Bertz CT molecular complexity index is 420. The minimum absolute atomic E-state index is 0.303. The van der Waals surface area contributed by atoms with E-state index in [4.69, 9.17) is 5.73 Å². The third-order valence-electron chi connectivity index (χ3n) is 2.89. The number of hydrogen-bond acceptors (Lipinski definition) is 2. The van der Waals surface area contributed by atoms with Crippen LogP contribution in [0.4, 0.5) is 4.39 Å². The lowest BCUT2D eigenvalue weighted by Gasteiger charge is -2.28. The van der Waals surface area contributed by atoms with E-state index in [1.807, 2.05) is 0 Å². The van der Waals surface area contributed by atoms with Gasteiger partial charge in [-0.1, -0.05) is 26.0 Å². The monoisotopic (exact) mass is 252 g/mol. The Morgan fingerprint density at radius 2 is 2.17 bits per heavy atom. The highest BCUT2D eigenvalue weighted by molar-refractivity contribution is 5.84. The topological polar surface area (TPSA) is 55.1 Å². The van der Waals surface area contributed by atoms with Crippen LogP contribution in [0.15, 0.2) is 24.3 Å². The van der Waals surface area contributed by atoms with Crippen molar-refractivity contribution in [1.29, 1.82) is 0 Å². The number of hydrogen-bond donors (Lipinski definition) is 2. The first kappa shape index (κ1) is 14.6. The van der Waals surface area contributed by atoms with Crippen molar-refractivity contribution in [2.75, 3.05) is 6.54 Å². The Labute approximate surface area is 108 Å². The summed E-state index contributed by atoms with van der Waals surface area (Å²) in [5.41, 5.74) is 5.36. The van der Waals surface area contributed by atoms with Crippen molar-refractivity contribution in [2.45, 2.75) is 32.7 Å². The quantitative estimate of drug-likeness (QED) is 0.812. The third kappa shape index (κ3) is 4.11. The smallest absolute Gasteiger partial charge is 0.237 e. The summed E-state index contributed by atoms with van der Waals surface area (Å²) >= 11 is 0. The van der Waals surface area contributed by atoms with Crippen molar-refractivity contribution in [2.24, 2.45) is 11.7 Å². The number of carbonyl (C=O) groups is 1.